The van der Waals surface area contributed by atoms with E-state index in [1.807, 2.05) is 0 Å². The second-order valence-electron chi connectivity index (χ2n) is 6.54. The first-order valence-electron chi connectivity index (χ1n) is 9.27. The van der Waals surface area contributed by atoms with E-state index in [4.69, 9.17) is 4.42 Å². The number of carbonyl (C=O) groups is 1. The summed E-state index contributed by atoms with van der Waals surface area (Å²) in [5.41, 5.74) is 1.84. The maximum Gasteiger partial charge on any atom is 0.420 e. The number of para-hydroxylation sites is 2. The van der Waals surface area contributed by atoms with Crippen LogP contribution < -0.4 is 11.1 Å². The third-order valence-electron chi connectivity index (χ3n) is 4.67. The van der Waals surface area contributed by atoms with Crippen molar-refractivity contribution in [3.8, 4) is 0 Å². The molecule has 1 heterocycles. The van der Waals surface area contributed by atoms with Gasteiger partial charge in [-0.1, -0.05) is 32.0 Å². The van der Waals surface area contributed by atoms with Crippen molar-refractivity contribution in [2.24, 2.45) is 0 Å². The molecule has 0 aliphatic heterocycles. The number of hydrogen-bond donors (Lipinski definition) is 1. The minimum absolute atomic E-state index is 0.143. The minimum atomic E-state index is -3.66. The van der Waals surface area contributed by atoms with Crippen LogP contribution in [-0.2, 0) is 21.4 Å². The van der Waals surface area contributed by atoms with Gasteiger partial charge in [-0.15, -0.1) is 0 Å². The molecule has 0 bridgehead atoms. The van der Waals surface area contributed by atoms with E-state index in [9.17, 15) is 18.0 Å². The van der Waals surface area contributed by atoms with Crippen molar-refractivity contribution in [1.82, 2.24) is 8.87 Å². The van der Waals surface area contributed by atoms with Crippen molar-refractivity contribution in [2.45, 2.75) is 32.2 Å². The quantitative estimate of drug-likeness (QED) is 0.637. The first-order chi connectivity index (χ1) is 13.8. The molecule has 0 aliphatic carbocycles. The molecule has 29 heavy (non-hydrogen) atoms. The summed E-state index contributed by atoms with van der Waals surface area (Å²) in [5, 5.41) is 2.66. The number of rotatable bonds is 7. The maximum absolute atomic E-state index is 12.9. The summed E-state index contributed by atoms with van der Waals surface area (Å²) >= 11 is 0. The molecule has 0 aliphatic rings. The van der Waals surface area contributed by atoms with E-state index in [0.717, 1.165) is 0 Å². The van der Waals surface area contributed by atoms with Crippen LogP contribution in [0.25, 0.3) is 11.1 Å². The number of fused-ring (bicyclic) bond motifs is 1. The van der Waals surface area contributed by atoms with Crippen molar-refractivity contribution >= 4 is 32.7 Å². The molecule has 3 aromatic rings. The van der Waals surface area contributed by atoms with Gasteiger partial charge in [-0.05, 0) is 36.8 Å². The standard InChI is InChI=1S/C20H23N3O5S/c1-4-22(5-2)29(26,27)18-12-15(11-10-14(18)3)21-19(24)13-23-16-8-6-7-9-17(16)28-20(23)25/h6-12H,4-5,13H2,1-3H3,(H,21,24). The predicted octanol–water partition coefficient (Wildman–Crippen LogP) is 2.57. The van der Waals surface area contributed by atoms with Gasteiger partial charge in [-0.2, -0.15) is 4.31 Å². The number of nitrogens with one attached hydrogen (secondary N) is 1. The molecule has 1 N–H and O–H groups in total. The molecule has 1 aromatic heterocycles. The second kappa shape index (κ2) is 8.22. The van der Waals surface area contributed by atoms with Crippen LogP contribution >= 0.6 is 0 Å². The Balaban J connectivity index is 1.86. The third-order valence-corrected chi connectivity index (χ3v) is 6.86. The Morgan fingerprint density at radius 1 is 1.14 bits per heavy atom. The average molecular weight is 417 g/mol. The monoisotopic (exact) mass is 417 g/mol. The van der Waals surface area contributed by atoms with E-state index in [2.05, 4.69) is 5.32 Å². The molecular weight excluding hydrogens is 394 g/mol. The van der Waals surface area contributed by atoms with Gasteiger partial charge in [-0.25, -0.2) is 13.2 Å². The number of benzene rings is 2. The first-order valence-corrected chi connectivity index (χ1v) is 10.7. The number of aryl methyl sites for hydroxylation is 1. The summed E-state index contributed by atoms with van der Waals surface area (Å²) in [4.78, 5) is 24.7. The van der Waals surface area contributed by atoms with Gasteiger partial charge in [0.15, 0.2) is 5.58 Å². The molecular formula is C20H23N3O5S. The number of nitrogens with zero attached hydrogens (tertiary/aromatic N) is 2. The van der Waals surface area contributed by atoms with Gasteiger partial charge in [0.05, 0.1) is 10.4 Å². The summed E-state index contributed by atoms with van der Waals surface area (Å²) in [6, 6.07) is 11.5. The molecule has 0 atom stereocenters. The number of carbonyl (C=O) groups excluding carboxylic acids is 1. The number of hydrogen-bond acceptors (Lipinski definition) is 5. The van der Waals surface area contributed by atoms with Gasteiger partial charge in [-0.3, -0.25) is 9.36 Å². The van der Waals surface area contributed by atoms with Crippen molar-refractivity contribution in [3.63, 3.8) is 0 Å². The third kappa shape index (κ3) is 4.10. The molecule has 0 spiro atoms. The fraction of sp³-hybridized carbons (Fsp3) is 0.300. The van der Waals surface area contributed by atoms with Gasteiger partial charge in [0.25, 0.3) is 0 Å². The molecule has 0 saturated heterocycles. The van der Waals surface area contributed by atoms with Gasteiger partial charge in [0.1, 0.15) is 6.54 Å². The normalized spacial score (nSPS) is 11.9. The Labute approximate surface area is 168 Å². The fourth-order valence-corrected chi connectivity index (χ4v) is 4.88. The summed E-state index contributed by atoms with van der Waals surface area (Å²) in [5.74, 6) is -1.09. The van der Waals surface area contributed by atoms with Crippen LogP contribution in [0.2, 0.25) is 0 Å². The van der Waals surface area contributed by atoms with Crippen molar-refractivity contribution in [3.05, 3.63) is 58.6 Å². The number of aromatic nitrogens is 1. The summed E-state index contributed by atoms with van der Waals surface area (Å²) < 4.78 is 33.4. The molecule has 2 aromatic carbocycles. The number of anilines is 1. The van der Waals surface area contributed by atoms with Crippen LogP contribution in [0, 0.1) is 6.92 Å². The molecule has 0 radical (unpaired) electrons. The Morgan fingerprint density at radius 3 is 2.52 bits per heavy atom. The zero-order chi connectivity index (χ0) is 21.2. The van der Waals surface area contributed by atoms with E-state index in [1.54, 1.807) is 57.2 Å². The molecule has 0 unspecified atom stereocenters. The van der Waals surface area contributed by atoms with Gasteiger partial charge >= 0.3 is 5.76 Å². The summed E-state index contributed by atoms with van der Waals surface area (Å²) in [6.45, 7) is 5.71. The summed E-state index contributed by atoms with van der Waals surface area (Å²) in [7, 11) is -3.66. The molecule has 0 saturated carbocycles. The van der Waals surface area contributed by atoms with E-state index in [-0.39, 0.29) is 11.4 Å². The van der Waals surface area contributed by atoms with Crippen LogP contribution in [-0.4, -0.2) is 36.3 Å². The zero-order valence-electron chi connectivity index (χ0n) is 16.5. The SMILES string of the molecule is CCN(CC)S(=O)(=O)c1cc(NC(=O)Cn2c(=O)oc3ccccc32)ccc1C. The molecule has 8 nitrogen and oxygen atoms in total. The van der Waals surface area contributed by atoms with Crippen LogP contribution in [0.1, 0.15) is 19.4 Å². The van der Waals surface area contributed by atoms with Crippen LogP contribution in [0.3, 0.4) is 0 Å². The largest absolute Gasteiger partial charge is 0.420 e. The van der Waals surface area contributed by atoms with Crippen LogP contribution in [0.4, 0.5) is 5.69 Å². The van der Waals surface area contributed by atoms with Crippen molar-refractivity contribution in [2.75, 3.05) is 18.4 Å². The number of amides is 1. The van der Waals surface area contributed by atoms with Crippen molar-refractivity contribution in [1.29, 1.82) is 0 Å². The highest BCUT2D eigenvalue weighted by Crippen LogP contribution is 2.23. The van der Waals surface area contributed by atoms with Crippen LogP contribution in [0.15, 0.2) is 56.6 Å². The Morgan fingerprint density at radius 2 is 1.83 bits per heavy atom. The topological polar surface area (TPSA) is 102 Å². The second-order valence-corrected chi connectivity index (χ2v) is 8.45. The Hall–Kier alpha value is -2.91. The minimum Gasteiger partial charge on any atom is -0.408 e. The zero-order valence-corrected chi connectivity index (χ0v) is 17.3. The summed E-state index contributed by atoms with van der Waals surface area (Å²) in [6.07, 6.45) is 0. The van der Waals surface area contributed by atoms with Crippen LogP contribution in [0.5, 0.6) is 0 Å². The van der Waals surface area contributed by atoms with Crippen molar-refractivity contribution < 1.29 is 17.6 Å². The molecule has 9 heteroatoms. The lowest BCUT2D eigenvalue weighted by Crippen LogP contribution is -2.31. The van der Waals surface area contributed by atoms with Gasteiger partial charge in [0, 0.05) is 18.8 Å². The lowest BCUT2D eigenvalue weighted by atomic mass is 10.2. The fourth-order valence-electron chi connectivity index (χ4n) is 3.17. The van der Waals surface area contributed by atoms with Gasteiger partial charge in [0.2, 0.25) is 15.9 Å². The van der Waals surface area contributed by atoms with E-state index >= 15 is 0 Å². The highest BCUT2D eigenvalue weighted by Gasteiger charge is 2.24. The number of sulfonamides is 1. The number of oxazole rings is 1. The Bertz CT molecular complexity index is 1210. The first kappa shape index (κ1) is 20.8. The lowest BCUT2D eigenvalue weighted by Gasteiger charge is -2.20. The van der Waals surface area contributed by atoms with E-state index in [0.29, 0.717) is 35.4 Å². The predicted molar refractivity (Wildman–Crippen MR) is 110 cm³/mol. The van der Waals surface area contributed by atoms with Gasteiger partial charge < -0.3 is 9.73 Å². The highest BCUT2D eigenvalue weighted by molar-refractivity contribution is 7.89. The van der Waals surface area contributed by atoms with E-state index in [1.165, 1.54) is 14.9 Å². The molecule has 154 valence electrons. The lowest BCUT2D eigenvalue weighted by molar-refractivity contribution is -0.116. The molecule has 0 fully saturated rings. The average Bonchev–Trinajstić information content (AvgIpc) is 2.99. The van der Waals surface area contributed by atoms with E-state index < -0.39 is 21.7 Å². The Kier molecular flexibility index (Phi) is 5.90. The molecule has 1 amide bonds. The highest BCUT2D eigenvalue weighted by atomic mass is 32.2. The smallest absolute Gasteiger partial charge is 0.408 e. The maximum atomic E-state index is 12.9. The molecule has 3 rings (SSSR count).